The van der Waals surface area contributed by atoms with E-state index >= 15 is 0 Å². The van der Waals surface area contributed by atoms with E-state index in [0.717, 1.165) is 0 Å². The first-order valence-corrected chi connectivity index (χ1v) is 9.03. The molecule has 0 radical (unpaired) electrons. The summed E-state index contributed by atoms with van der Waals surface area (Å²) in [7, 11) is 0. The average molecular weight is 401 g/mol. The van der Waals surface area contributed by atoms with Crippen molar-refractivity contribution < 1.29 is 13.9 Å². The zero-order valence-corrected chi connectivity index (χ0v) is 15.9. The third-order valence-electron chi connectivity index (χ3n) is 4.06. The summed E-state index contributed by atoms with van der Waals surface area (Å²) in [6.07, 6.45) is 1.38. The van der Waals surface area contributed by atoms with Gasteiger partial charge in [-0.25, -0.2) is 4.39 Å². The highest BCUT2D eigenvalue weighted by atomic mass is 35.5. The largest absolute Gasteiger partial charge is 0.494 e. The Balaban J connectivity index is 1.80. The Kier molecular flexibility index (Phi) is 6.11. The molecule has 7 heteroatoms. The van der Waals surface area contributed by atoms with E-state index in [1.807, 2.05) is 6.92 Å². The SMILES string of the molecule is CCOc1ccc(NC(=O)c2ccc(=O)n(Cc3c(F)cccc3Cl)c2)cc1. The van der Waals surface area contributed by atoms with Crippen LogP contribution in [0, 0.1) is 5.82 Å². The predicted molar refractivity (Wildman–Crippen MR) is 107 cm³/mol. The molecule has 1 aromatic heterocycles. The van der Waals surface area contributed by atoms with Crippen LogP contribution in [0.25, 0.3) is 0 Å². The molecule has 144 valence electrons. The summed E-state index contributed by atoms with van der Waals surface area (Å²) in [6, 6.07) is 13.9. The van der Waals surface area contributed by atoms with Crippen molar-refractivity contribution in [3.63, 3.8) is 0 Å². The fraction of sp³-hybridized carbons (Fsp3) is 0.143. The molecular weight excluding hydrogens is 383 g/mol. The van der Waals surface area contributed by atoms with Gasteiger partial charge in [0.15, 0.2) is 0 Å². The standard InChI is InChI=1S/C21H18ClFN2O3/c1-2-28-16-9-7-15(8-10-16)24-21(27)14-6-11-20(26)25(12-14)13-17-18(22)4-3-5-19(17)23/h3-12H,2,13H2,1H3,(H,24,27). The molecule has 0 aliphatic rings. The molecule has 0 atom stereocenters. The summed E-state index contributed by atoms with van der Waals surface area (Å²) in [5, 5.41) is 2.97. The molecule has 1 amide bonds. The molecule has 0 saturated carbocycles. The molecule has 0 bridgehead atoms. The smallest absolute Gasteiger partial charge is 0.257 e. The zero-order chi connectivity index (χ0) is 20.1. The maximum absolute atomic E-state index is 14.0. The van der Waals surface area contributed by atoms with E-state index in [1.165, 1.54) is 35.0 Å². The highest BCUT2D eigenvalue weighted by Gasteiger charge is 2.12. The van der Waals surface area contributed by atoms with E-state index in [4.69, 9.17) is 16.3 Å². The van der Waals surface area contributed by atoms with Crippen molar-refractivity contribution in [3.05, 3.63) is 93.1 Å². The van der Waals surface area contributed by atoms with Gasteiger partial charge in [-0.1, -0.05) is 17.7 Å². The maximum atomic E-state index is 14.0. The average Bonchev–Trinajstić information content (AvgIpc) is 2.68. The number of hydrogen-bond acceptors (Lipinski definition) is 3. The quantitative estimate of drug-likeness (QED) is 0.669. The van der Waals surface area contributed by atoms with Gasteiger partial charge in [-0.2, -0.15) is 0 Å². The molecule has 28 heavy (non-hydrogen) atoms. The van der Waals surface area contributed by atoms with Crippen LogP contribution in [0.4, 0.5) is 10.1 Å². The molecule has 0 unspecified atom stereocenters. The Labute approximate surface area is 166 Å². The number of amides is 1. The molecule has 0 spiro atoms. The first-order chi connectivity index (χ1) is 13.5. The minimum absolute atomic E-state index is 0.0749. The first kappa shape index (κ1) is 19.6. The van der Waals surface area contributed by atoms with Crippen LogP contribution in [0.15, 0.2) is 65.6 Å². The lowest BCUT2D eigenvalue weighted by Crippen LogP contribution is -2.23. The van der Waals surface area contributed by atoms with Crippen molar-refractivity contribution in [2.24, 2.45) is 0 Å². The Morgan fingerprint density at radius 1 is 1.14 bits per heavy atom. The van der Waals surface area contributed by atoms with Gasteiger partial charge in [0.25, 0.3) is 11.5 Å². The molecule has 3 rings (SSSR count). The molecule has 0 fully saturated rings. The molecule has 1 N–H and O–H groups in total. The van der Waals surface area contributed by atoms with Gasteiger partial charge in [0.2, 0.25) is 0 Å². The van der Waals surface area contributed by atoms with E-state index in [-0.39, 0.29) is 28.3 Å². The summed E-state index contributed by atoms with van der Waals surface area (Å²) in [5.41, 5.74) is 0.677. The number of rotatable bonds is 6. The summed E-state index contributed by atoms with van der Waals surface area (Å²) < 4.78 is 20.6. The lowest BCUT2D eigenvalue weighted by Gasteiger charge is -2.11. The topological polar surface area (TPSA) is 60.3 Å². The van der Waals surface area contributed by atoms with Gasteiger partial charge < -0.3 is 14.6 Å². The third kappa shape index (κ3) is 4.58. The molecule has 0 aliphatic heterocycles. The molecular formula is C21H18ClFN2O3. The maximum Gasteiger partial charge on any atom is 0.257 e. The number of nitrogens with one attached hydrogen (secondary N) is 1. The number of anilines is 1. The van der Waals surface area contributed by atoms with E-state index < -0.39 is 11.7 Å². The minimum atomic E-state index is -0.511. The molecule has 2 aromatic carbocycles. The number of ether oxygens (including phenoxy) is 1. The number of aromatic nitrogens is 1. The number of benzene rings is 2. The van der Waals surface area contributed by atoms with Crippen LogP contribution in [0.3, 0.4) is 0 Å². The van der Waals surface area contributed by atoms with Crippen molar-refractivity contribution in [1.29, 1.82) is 0 Å². The van der Waals surface area contributed by atoms with Crippen LogP contribution in [0.1, 0.15) is 22.8 Å². The molecule has 1 heterocycles. The van der Waals surface area contributed by atoms with Crippen LogP contribution in [-0.4, -0.2) is 17.1 Å². The van der Waals surface area contributed by atoms with Crippen molar-refractivity contribution in [3.8, 4) is 5.75 Å². The van der Waals surface area contributed by atoms with E-state index in [2.05, 4.69) is 5.32 Å². The zero-order valence-electron chi connectivity index (χ0n) is 15.1. The van der Waals surface area contributed by atoms with Gasteiger partial charge in [0.1, 0.15) is 11.6 Å². The van der Waals surface area contributed by atoms with Crippen LogP contribution in [-0.2, 0) is 6.54 Å². The van der Waals surface area contributed by atoms with Crippen molar-refractivity contribution in [2.75, 3.05) is 11.9 Å². The normalized spacial score (nSPS) is 10.5. The summed E-state index contributed by atoms with van der Waals surface area (Å²) in [5.74, 6) is -0.197. The highest BCUT2D eigenvalue weighted by Crippen LogP contribution is 2.20. The third-order valence-corrected chi connectivity index (χ3v) is 4.41. The van der Waals surface area contributed by atoms with Gasteiger partial charge in [0, 0.05) is 28.5 Å². The fourth-order valence-electron chi connectivity index (χ4n) is 2.65. The first-order valence-electron chi connectivity index (χ1n) is 8.65. The van der Waals surface area contributed by atoms with Gasteiger partial charge in [-0.3, -0.25) is 9.59 Å². The number of carbonyl (C=O) groups excluding carboxylic acids is 1. The van der Waals surface area contributed by atoms with E-state index in [1.54, 1.807) is 30.3 Å². The lowest BCUT2D eigenvalue weighted by atomic mass is 10.2. The lowest BCUT2D eigenvalue weighted by molar-refractivity contribution is 0.102. The Morgan fingerprint density at radius 2 is 1.89 bits per heavy atom. The van der Waals surface area contributed by atoms with Crippen molar-refractivity contribution in [1.82, 2.24) is 4.57 Å². The fourth-order valence-corrected chi connectivity index (χ4v) is 2.87. The van der Waals surface area contributed by atoms with E-state index in [0.29, 0.717) is 18.0 Å². The van der Waals surface area contributed by atoms with Gasteiger partial charge >= 0.3 is 0 Å². The monoisotopic (exact) mass is 400 g/mol. The second-order valence-corrected chi connectivity index (χ2v) is 6.40. The van der Waals surface area contributed by atoms with Gasteiger partial charge in [-0.15, -0.1) is 0 Å². The Hall–Kier alpha value is -3.12. The highest BCUT2D eigenvalue weighted by molar-refractivity contribution is 6.31. The van der Waals surface area contributed by atoms with Crippen LogP contribution in [0.5, 0.6) is 5.75 Å². The predicted octanol–water partition coefficient (Wildman–Crippen LogP) is 4.34. The van der Waals surface area contributed by atoms with Gasteiger partial charge in [0.05, 0.1) is 18.7 Å². The second-order valence-electron chi connectivity index (χ2n) is 6.00. The number of carbonyl (C=O) groups is 1. The Morgan fingerprint density at radius 3 is 2.57 bits per heavy atom. The Bertz CT molecular complexity index is 1030. The number of halogens is 2. The van der Waals surface area contributed by atoms with Gasteiger partial charge in [-0.05, 0) is 49.4 Å². The minimum Gasteiger partial charge on any atom is -0.494 e. The van der Waals surface area contributed by atoms with Crippen LogP contribution < -0.4 is 15.6 Å². The second kappa shape index (κ2) is 8.71. The van der Waals surface area contributed by atoms with Crippen molar-refractivity contribution >= 4 is 23.2 Å². The van der Waals surface area contributed by atoms with Crippen molar-refractivity contribution in [2.45, 2.75) is 13.5 Å². The summed E-state index contributed by atoms with van der Waals surface area (Å²) in [4.78, 5) is 24.6. The number of pyridine rings is 1. The molecule has 0 aliphatic carbocycles. The van der Waals surface area contributed by atoms with Crippen LogP contribution >= 0.6 is 11.6 Å². The molecule has 3 aromatic rings. The molecule has 0 saturated heterocycles. The summed E-state index contributed by atoms with van der Waals surface area (Å²) in [6.45, 7) is 2.37. The van der Waals surface area contributed by atoms with E-state index in [9.17, 15) is 14.0 Å². The number of hydrogen-bond donors (Lipinski definition) is 1. The molecule has 5 nitrogen and oxygen atoms in total. The van der Waals surface area contributed by atoms with Crippen LogP contribution in [0.2, 0.25) is 5.02 Å². The number of nitrogens with zero attached hydrogens (tertiary/aromatic N) is 1. The summed E-state index contributed by atoms with van der Waals surface area (Å²) >= 11 is 6.03.